The first-order valence-electron chi connectivity index (χ1n) is 6.80. The number of nitrogens with zero attached hydrogens (tertiary/aromatic N) is 3. The summed E-state index contributed by atoms with van der Waals surface area (Å²) in [4.78, 5) is 19.4. The molecular weight excluding hydrogens is 560 g/mol. The Morgan fingerprint density at radius 1 is 1.11 bits per heavy atom. The van der Waals surface area contributed by atoms with Crippen molar-refractivity contribution < 1.29 is 56.3 Å². The van der Waals surface area contributed by atoms with Crippen LogP contribution >= 0.6 is 0 Å². The molecule has 0 fully saturated rings. The maximum Gasteiger partial charge on any atom is 0.412 e. The summed E-state index contributed by atoms with van der Waals surface area (Å²) in [5.74, 6) is -0.771. The number of aliphatic hydroxyl groups excluding tert-OH is 1. The van der Waals surface area contributed by atoms with E-state index in [1.165, 1.54) is 44.3 Å². The average Bonchev–Trinajstić information content (AvgIpc) is 2.92. The van der Waals surface area contributed by atoms with Crippen LogP contribution in [0.1, 0.15) is 25.2 Å². The van der Waals surface area contributed by atoms with E-state index in [0.29, 0.717) is 0 Å². The Morgan fingerprint density at radius 3 is 2.00 bits per heavy atom. The van der Waals surface area contributed by atoms with Crippen LogP contribution in [0.15, 0.2) is 36.2 Å². The van der Waals surface area contributed by atoms with Gasteiger partial charge in [0.1, 0.15) is 0 Å². The van der Waals surface area contributed by atoms with Gasteiger partial charge in [0.15, 0.2) is 5.78 Å². The van der Waals surface area contributed by atoms with E-state index < -0.39 is 29.6 Å². The molecular formula is C15H12F6IrN3O2-. The third-order valence-electron chi connectivity index (χ3n) is 2.50. The van der Waals surface area contributed by atoms with Gasteiger partial charge in [-0.05, 0) is 31.8 Å². The molecule has 0 saturated carbocycles. The Labute approximate surface area is 162 Å². The van der Waals surface area contributed by atoms with Gasteiger partial charge in [-0.15, -0.1) is 0 Å². The number of pyridine rings is 1. The number of aliphatic hydroxyl groups is 1. The smallest absolute Gasteiger partial charge is 0.412 e. The zero-order chi connectivity index (χ0) is 20.1. The van der Waals surface area contributed by atoms with Crippen molar-refractivity contribution in [1.29, 1.82) is 0 Å². The summed E-state index contributed by atoms with van der Waals surface area (Å²) >= 11 is 0. The summed E-state index contributed by atoms with van der Waals surface area (Å²) in [6.07, 6.45) is -8.08. The van der Waals surface area contributed by atoms with Crippen molar-refractivity contribution >= 4 is 5.78 Å². The number of carbonyl (C=O) groups is 1. The van der Waals surface area contributed by atoms with Gasteiger partial charge in [0, 0.05) is 43.8 Å². The minimum atomic E-state index is -5.23. The predicted molar refractivity (Wildman–Crippen MR) is 77.9 cm³/mol. The molecule has 2 aromatic rings. The second kappa shape index (κ2) is 9.65. The molecule has 0 bridgehead atoms. The summed E-state index contributed by atoms with van der Waals surface area (Å²) in [6, 6.07) is 4.08. The first-order chi connectivity index (χ1) is 11.8. The molecule has 0 aliphatic rings. The van der Waals surface area contributed by atoms with E-state index >= 15 is 0 Å². The molecule has 151 valence electrons. The minimum Gasteiger partial charge on any atom is -0.512 e. The molecule has 0 aromatic carbocycles. The zero-order valence-electron chi connectivity index (χ0n) is 13.7. The van der Waals surface area contributed by atoms with Crippen molar-refractivity contribution in [2.24, 2.45) is 0 Å². The van der Waals surface area contributed by atoms with Crippen LogP contribution in [0.5, 0.6) is 0 Å². The molecule has 2 aromatic heterocycles. The number of allylic oxidation sites excluding steroid dienone is 2. The summed E-state index contributed by atoms with van der Waals surface area (Å²) in [6.45, 7) is 2.85. The maximum atomic E-state index is 12.5. The molecule has 1 radical (unpaired) electrons. The van der Waals surface area contributed by atoms with Crippen molar-refractivity contribution in [3.8, 4) is 11.5 Å². The molecule has 2 rings (SSSR count). The molecule has 0 saturated heterocycles. The van der Waals surface area contributed by atoms with Gasteiger partial charge in [0.25, 0.3) is 0 Å². The number of alkyl halides is 6. The van der Waals surface area contributed by atoms with Crippen molar-refractivity contribution in [2.45, 2.75) is 26.2 Å². The monoisotopic (exact) mass is 573 g/mol. The standard InChI is InChI=1S/C10H4F6N3.C5H8O2.Ir/c11-9(12,13)6-7(10(14,15)16)19-8(18-6)5-3-1-2-4-17-5;1-4(6)3-5(2)7;/h1-4H;3,6H,1-2H3;/q-1;;/b;4-3-;. The van der Waals surface area contributed by atoms with E-state index in [9.17, 15) is 31.1 Å². The minimum absolute atomic E-state index is 0. The first-order valence-corrected chi connectivity index (χ1v) is 6.80. The molecule has 0 aliphatic heterocycles. The summed E-state index contributed by atoms with van der Waals surface area (Å²) < 4.78 is 74.9. The second-order valence-corrected chi connectivity index (χ2v) is 4.85. The number of rotatable bonds is 2. The largest absolute Gasteiger partial charge is 0.512 e. The van der Waals surface area contributed by atoms with Crippen LogP contribution in [0.2, 0.25) is 0 Å². The van der Waals surface area contributed by atoms with Crippen LogP contribution < -0.4 is 4.98 Å². The Balaban J connectivity index is 0.000000728. The fraction of sp³-hybridized carbons (Fsp3) is 0.267. The Hall–Kier alpha value is -2.20. The second-order valence-electron chi connectivity index (χ2n) is 4.85. The van der Waals surface area contributed by atoms with Gasteiger partial charge in [0.2, 0.25) is 0 Å². The van der Waals surface area contributed by atoms with E-state index in [0.717, 1.165) is 0 Å². The number of halogens is 6. The quantitative estimate of drug-likeness (QED) is 0.332. The summed E-state index contributed by atoms with van der Waals surface area (Å²) in [7, 11) is 0. The van der Waals surface area contributed by atoms with Gasteiger partial charge in [-0.2, -0.15) is 26.3 Å². The van der Waals surface area contributed by atoms with E-state index in [4.69, 9.17) is 5.11 Å². The molecule has 12 heteroatoms. The third-order valence-corrected chi connectivity index (χ3v) is 2.50. The molecule has 0 spiro atoms. The van der Waals surface area contributed by atoms with Gasteiger partial charge in [-0.1, -0.05) is 6.07 Å². The van der Waals surface area contributed by atoms with Crippen molar-refractivity contribution in [3.63, 3.8) is 0 Å². The Morgan fingerprint density at radius 2 is 1.70 bits per heavy atom. The number of aromatic nitrogens is 3. The summed E-state index contributed by atoms with van der Waals surface area (Å²) in [5.41, 5.74) is -4.27. The van der Waals surface area contributed by atoms with Crippen LogP contribution in [0, 0.1) is 0 Å². The van der Waals surface area contributed by atoms with E-state index in [1.54, 1.807) is 0 Å². The number of carbonyl (C=O) groups excluding carboxylic acids is 1. The molecule has 0 atom stereocenters. The Kier molecular flexibility index (Phi) is 8.87. The molecule has 5 nitrogen and oxygen atoms in total. The van der Waals surface area contributed by atoms with Gasteiger partial charge < -0.3 is 15.1 Å². The number of imidazole rings is 1. The van der Waals surface area contributed by atoms with Crippen LogP contribution in [-0.2, 0) is 37.3 Å². The van der Waals surface area contributed by atoms with Crippen LogP contribution in [0.25, 0.3) is 11.5 Å². The SMILES string of the molecule is CC(=O)/C=C(/C)O.FC(F)(F)c1nc(-c2ccccn2)[n-]c1C(F)(F)F.[Ir]. The molecule has 0 unspecified atom stereocenters. The number of ketones is 1. The molecule has 2 heterocycles. The average molecular weight is 572 g/mol. The van der Waals surface area contributed by atoms with Gasteiger partial charge in [-0.3, -0.25) is 9.78 Å². The van der Waals surface area contributed by atoms with E-state index in [-0.39, 0.29) is 37.3 Å². The van der Waals surface area contributed by atoms with Crippen LogP contribution in [0.3, 0.4) is 0 Å². The van der Waals surface area contributed by atoms with Crippen LogP contribution in [-0.4, -0.2) is 20.9 Å². The third kappa shape index (κ3) is 7.92. The summed E-state index contributed by atoms with van der Waals surface area (Å²) in [5, 5.41) is 8.36. The van der Waals surface area contributed by atoms with Crippen LogP contribution in [0.4, 0.5) is 26.3 Å². The van der Waals surface area contributed by atoms with E-state index in [2.05, 4.69) is 15.0 Å². The fourth-order valence-electron chi connectivity index (χ4n) is 1.64. The Bertz CT molecular complexity index is 750. The molecule has 1 N–H and O–H groups in total. The van der Waals surface area contributed by atoms with Crippen molar-refractivity contribution in [1.82, 2.24) is 15.0 Å². The van der Waals surface area contributed by atoms with Crippen molar-refractivity contribution in [2.75, 3.05) is 0 Å². The van der Waals surface area contributed by atoms with Crippen molar-refractivity contribution in [3.05, 3.63) is 47.6 Å². The fourth-order valence-corrected chi connectivity index (χ4v) is 1.64. The predicted octanol–water partition coefficient (Wildman–Crippen LogP) is 4.17. The topological polar surface area (TPSA) is 77.2 Å². The maximum absolute atomic E-state index is 12.5. The zero-order valence-corrected chi connectivity index (χ0v) is 16.1. The molecule has 0 aliphatic carbocycles. The van der Waals surface area contributed by atoms with Gasteiger partial charge in [0.05, 0.1) is 11.5 Å². The first kappa shape index (κ1) is 24.8. The normalized spacial score (nSPS) is 11.9. The molecule has 27 heavy (non-hydrogen) atoms. The van der Waals surface area contributed by atoms with Gasteiger partial charge >= 0.3 is 12.4 Å². The number of hydrogen-bond donors (Lipinski definition) is 1. The van der Waals surface area contributed by atoms with Gasteiger partial charge in [-0.25, -0.2) is 0 Å². The number of hydrogen-bond acceptors (Lipinski definition) is 4. The molecule has 0 amide bonds. The van der Waals surface area contributed by atoms with E-state index in [1.807, 2.05) is 0 Å².